The van der Waals surface area contributed by atoms with Gasteiger partial charge in [0.25, 0.3) is 0 Å². The Morgan fingerprint density at radius 3 is 3.23 bits per heavy atom. The molecule has 3 N–H and O–H groups in total. The number of benzene rings is 1. The van der Waals surface area contributed by atoms with Gasteiger partial charge in [0.1, 0.15) is 6.61 Å². The normalized spacial score (nSPS) is 19.9. The number of rotatable bonds is 1. The lowest BCUT2D eigenvalue weighted by Gasteiger charge is -2.27. The second-order valence-corrected chi connectivity index (χ2v) is 3.28. The standard InChI is InChI=1S/C10H14N2O/c1-2-7-6-13-10-8(11)4-3-5-9(10)12-7/h3-5,7,12H,2,6,11H2,1H3. The summed E-state index contributed by atoms with van der Waals surface area (Å²) in [6.07, 6.45) is 1.06. The van der Waals surface area contributed by atoms with E-state index in [9.17, 15) is 0 Å². The largest absolute Gasteiger partial charge is 0.487 e. The van der Waals surface area contributed by atoms with Crippen LogP contribution in [-0.4, -0.2) is 12.6 Å². The van der Waals surface area contributed by atoms with Gasteiger partial charge < -0.3 is 15.8 Å². The Labute approximate surface area is 77.9 Å². The third kappa shape index (κ3) is 1.41. The molecule has 0 spiro atoms. The Morgan fingerprint density at radius 2 is 2.46 bits per heavy atom. The van der Waals surface area contributed by atoms with Crippen molar-refractivity contribution >= 4 is 11.4 Å². The van der Waals surface area contributed by atoms with Crippen LogP contribution in [0.3, 0.4) is 0 Å². The fourth-order valence-corrected chi connectivity index (χ4v) is 1.50. The molecule has 1 aromatic carbocycles. The molecule has 1 aliphatic rings. The Balaban J connectivity index is 2.31. The molecular weight excluding hydrogens is 164 g/mol. The number of hydrogen-bond donors (Lipinski definition) is 2. The van der Waals surface area contributed by atoms with Crippen LogP contribution >= 0.6 is 0 Å². The number of fused-ring (bicyclic) bond motifs is 1. The molecular formula is C10H14N2O. The second kappa shape index (κ2) is 3.17. The van der Waals surface area contributed by atoms with Gasteiger partial charge in [-0.15, -0.1) is 0 Å². The van der Waals surface area contributed by atoms with Gasteiger partial charge in [0.15, 0.2) is 5.75 Å². The van der Waals surface area contributed by atoms with E-state index in [0.717, 1.165) is 17.9 Å². The minimum atomic E-state index is 0.411. The lowest BCUT2D eigenvalue weighted by Crippen LogP contribution is -2.30. The van der Waals surface area contributed by atoms with Crippen LogP contribution in [0.1, 0.15) is 13.3 Å². The molecule has 0 saturated carbocycles. The molecule has 1 heterocycles. The fraction of sp³-hybridized carbons (Fsp3) is 0.400. The van der Waals surface area contributed by atoms with Crippen molar-refractivity contribution in [2.24, 2.45) is 0 Å². The summed E-state index contributed by atoms with van der Waals surface area (Å²) in [5.41, 5.74) is 7.48. The highest BCUT2D eigenvalue weighted by atomic mass is 16.5. The third-order valence-corrected chi connectivity index (χ3v) is 2.33. The van der Waals surface area contributed by atoms with E-state index in [2.05, 4.69) is 12.2 Å². The maximum absolute atomic E-state index is 5.76. The molecule has 0 amide bonds. The minimum absolute atomic E-state index is 0.411. The molecule has 1 aliphatic heterocycles. The van der Waals surface area contributed by atoms with E-state index in [0.29, 0.717) is 18.3 Å². The Morgan fingerprint density at radius 1 is 1.62 bits per heavy atom. The molecule has 0 radical (unpaired) electrons. The molecule has 1 atom stereocenters. The van der Waals surface area contributed by atoms with Crippen LogP contribution in [0.4, 0.5) is 11.4 Å². The summed E-state index contributed by atoms with van der Waals surface area (Å²) in [6.45, 7) is 2.84. The number of hydrogen-bond acceptors (Lipinski definition) is 3. The molecule has 70 valence electrons. The molecule has 3 nitrogen and oxygen atoms in total. The maximum Gasteiger partial charge on any atom is 0.165 e. The summed E-state index contributed by atoms with van der Waals surface area (Å²) < 4.78 is 5.57. The van der Waals surface area contributed by atoms with Crippen LogP contribution in [0.5, 0.6) is 5.75 Å². The van der Waals surface area contributed by atoms with Crippen molar-refractivity contribution < 1.29 is 4.74 Å². The van der Waals surface area contributed by atoms with Crippen LogP contribution in [0.2, 0.25) is 0 Å². The van der Waals surface area contributed by atoms with Crippen LogP contribution in [0.25, 0.3) is 0 Å². The van der Waals surface area contributed by atoms with E-state index in [4.69, 9.17) is 10.5 Å². The highest BCUT2D eigenvalue weighted by molar-refractivity contribution is 5.70. The first-order valence-corrected chi connectivity index (χ1v) is 4.59. The molecule has 0 aromatic heterocycles. The molecule has 3 heteroatoms. The summed E-state index contributed by atoms with van der Waals surface area (Å²) >= 11 is 0. The lowest BCUT2D eigenvalue weighted by atomic mass is 10.1. The van der Waals surface area contributed by atoms with Crippen molar-refractivity contribution in [3.8, 4) is 5.75 Å². The zero-order chi connectivity index (χ0) is 9.26. The number of ether oxygens (including phenoxy) is 1. The fourth-order valence-electron chi connectivity index (χ4n) is 1.50. The number of anilines is 2. The van der Waals surface area contributed by atoms with E-state index in [-0.39, 0.29) is 0 Å². The highest BCUT2D eigenvalue weighted by Crippen LogP contribution is 2.34. The van der Waals surface area contributed by atoms with Gasteiger partial charge in [-0.25, -0.2) is 0 Å². The maximum atomic E-state index is 5.76. The van der Waals surface area contributed by atoms with Gasteiger partial charge in [-0.3, -0.25) is 0 Å². The smallest absolute Gasteiger partial charge is 0.165 e. The van der Waals surface area contributed by atoms with E-state index in [1.165, 1.54) is 0 Å². The van der Waals surface area contributed by atoms with Crippen molar-refractivity contribution in [3.63, 3.8) is 0 Å². The van der Waals surface area contributed by atoms with Crippen molar-refractivity contribution in [2.75, 3.05) is 17.7 Å². The van der Waals surface area contributed by atoms with Crippen LogP contribution in [0, 0.1) is 0 Å². The van der Waals surface area contributed by atoms with Crippen molar-refractivity contribution in [3.05, 3.63) is 18.2 Å². The highest BCUT2D eigenvalue weighted by Gasteiger charge is 2.18. The molecule has 1 aromatic rings. The Bertz CT molecular complexity index is 312. The van der Waals surface area contributed by atoms with E-state index in [1.54, 1.807) is 0 Å². The lowest BCUT2D eigenvalue weighted by molar-refractivity contribution is 0.283. The van der Waals surface area contributed by atoms with E-state index >= 15 is 0 Å². The minimum Gasteiger partial charge on any atom is -0.487 e. The monoisotopic (exact) mass is 178 g/mol. The molecule has 0 bridgehead atoms. The number of nitrogen functional groups attached to an aromatic ring is 1. The first-order chi connectivity index (χ1) is 6.31. The predicted octanol–water partition coefficient (Wildman–Crippen LogP) is 1.85. The summed E-state index contributed by atoms with van der Waals surface area (Å²) in [5, 5.41) is 3.38. The van der Waals surface area contributed by atoms with Gasteiger partial charge in [0, 0.05) is 0 Å². The molecule has 0 aliphatic carbocycles. The van der Waals surface area contributed by atoms with Crippen molar-refractivity contribution in [2.45, 2.75) is 19.4 Å². The molecule has 2 rings (SSSR count). The Kier molecular flexibility index (Phi) is 2.00. The average Bonchev–Trinajstić information content (AvgIpc) is 2.18. The van der Waals surface area contributed by atoms with Crippen LogP contribution in [0.15, 0.2) is 18.2 Å². The SMILES string of the molecule is CCC1COc2c(N)cccc2N1. The number of nitrogens with one attached hydrogen (secondary N) is 1. The first kappa shape index (κ1) is 8.23. The van der Waals surface area contributed by atoms with E-state index < -0.39 is 0 Å². The van der Waals surface area contributed by atoms with Crippen LogP contribution in [-0.2, 0) is 0 Å². The van der Waals surface area contributed by atoms with Crippen molar-refractivity contribution in [1.82, 2.24) is 0 Å². The number of nitrogens with two attached hydrogens (primary N) is 1. The molecule has 0 saturated heterocycles. The van der Waals surface area contributed by atoms with E-state index in [1.807, 2.05) is 18.2 Å². The summed E-state index contributed by atoms with van der Waals surface area (Å²) in [4.78, 5) is 0. The zero-order valence-electron chi connectivity index (χ0n) is 7.71. The Hall–Kier alpha value is -1.38. The summed E-state index contributed by atoms with van der Waals surface area (Å²) in [7, 11) is 0. The molecule has 13 heavy (non-hydrogen) atoms. The van der Waals surface area contributed by atoms with Gasteiger partial charge in [0.2, 0.25) is 0 Å². The molecule has 0 fully saturated rings. The van der Waals surface area contributed by atoms with Crippen molar-refractivity contribution in [1.29, 1.82) is 0 Å². The summed E-state index contributed by atoms with van der Waals surface area (Å²) in [6, 6.07) is 6.19. The first-order valence-electron chi connectivity index (χ1n) is 4.59. The van der Waals surface area contributed by atoms with Gasteiger partial charge in [0.05, 0.1) is 17.4 Å². The topological polar surface area (TPSA) is 47.3 Å². The van der Waals surface area contributed by atoms with Gasteiger partial charge in [-0.05, 0) is 18.6 Å². The van der Waals surface area contributed by atoms with Gasteiger partial charge in [-0.2, -0.15) is 0 Å². The zero-order valence-corrected chi connectivity index (χ0v) is 7.71. The van der Waals surface area contributed by atoms with Gasteiger partial charge in [-0.1, -0.05) is 13.0 Å². The predicted molar refractivity (Wildman–Crippen MR) is 54.1 cm³/mol. The van der Waals surface area contributed by atoms with Gasteiger partial charge >= 0.3 is 0 Å². The molecule has 1 unspecified atom stereocenters. The van der Waals surface area contributed by atoms with Crippen LogP contribution < -0.4 is 15.8 Å². The summed E-state index contributed by atoms with van der Waals surface area (Å²) in [5.74, 6) is 0.798. The quantitative estimate of drug-likeness (QED) is 0.645. The average molecular weight is 178 g/mol. The third-order valence-electron chi connectivity index (χ3n) is 2.33. The second-order valence-electron chi connectivity index (χ2n) is 3.28. The number of para-hydroxylation sites is 1.